The average molecular weight is 311 g/mol. The highest BCUT2D eigenvalue weighted by atomic mass is 19.4. The normalized spacial score (nSPS) is 24.9. The maximum Gasteiger partial charge on any atom is 0.451 e. The molecule has 3 nitrogen and oxygen atoms in total. The summed E-state index contributed by atoms with van der Waals surface area (Å²) in [4.78, 5) is 9.48. The number of hydrogen-bond acceptors (Lipinski definition) is 3. The monoisotopic (exact) mass is 311 g/mol. The van der Waals surface area contributed by atoms with Crippen LogP contribution in [0.2, 0.25) is 0 Å². The standard InChI is InChI=1S/C16H20F3N3/c1-10(2)13-7-14(21-15(20-13)16(17,18)19)22-8-11-5-3-4-6-12(11)9-22/h3-4,7,10-12H,5-6,8-9H2,1-2H3/t11-,12+. The molecule has 0 N–H and O–H groups in total. The number of nitrogens with zero attached hydrogens (tertiary/aromatic N) is 3. The fraction of sp³-hybridized carbons (Fsp3) is 0.625. The van der Waals surface area contributed by atoms with Gasteiger partial charge in [0.2, 0.25) is 5.82 Å². The maximum atomic E-state index is 13.0. The molecule has 2 atom stereocenters. The molecule has 1 saturated heterocycles. The van der Waals surface area contributed by atoms with E-state index in [1.165, 1.54) is 0 Å². The zero-order valence-electron chi connectivity index (χ0n) is 12.8. The first-order chi connectivity index (χ1) is 10.3. The SMILES string of the molecule is CC(C)c1cc(N2C[C@H]3CC=CC[C@H]3C2)nc(C(F)(F)F)n1. The van der Waals surface area contributed by atoms with Crippen molar-refractivity contribution in [3.05, 3.63) is 29.7 Å². The highest BCUT2D eigenvalue weighted by Gasteiger charge is 2.38. The van der Waals surface area contributed by atoms with Crippen LogP contribution < -0.4 is 4.90 Å². The van der Waals surface area contributed by atoms with Gasteiger partial charge in [-0.25, -0.2) is 9.97 Å². The molecule has 1 aromatic heterocycles. The highest BCUT2D eigenvalue weighted by Crippen LogP contribution is 2.36. The van der Waals surface area contributed by atoms with Gasteiger partial charge in [-0.1, -0.05) is 26.0 Å². The molecule has 1 aromatic rings. The highest BCUT2D eigenvalue weighted by molar-refractivity contribution is 5.43. The number of allylic oxidation sites excluding steroid dienone is 2. The van der Waals surface area contributed by atoms with Gasteiger partial charge in [-0.3, -0.25) is 0 Å². The van der Waals surface area contributed by atoms with E-state index in [2.05, 4.69) is 22.1 Å². The molecule has 0 radical (unpaired) electrons. The van der Waals surface area contributed by atoms with Gasteiger partial charge < -0.3 is 4.90 Å². The van der Waals surface area contributed by atoms with Gasteiger partial charge in [0.1, 0.15) is 5.82 Å². The van der Waals surface area contributed by atoms with Gasteiger partial charge in [-0.2, -0.15) is 13.2 Å². The lowest BCUT2D eigenvalue weighted by Gasteiger charge is -2.20. The molecule has 1 aliphatic heterocycles. The number of alkyl halides is 3. The predicted molar refractivity (Wildman–Crippen MR) is 78.7 cm³/mol. The third-order valence-corrected chi connectivity index (χ3v) is 4.52. The lowest BCUT2D eigenvalue weighted by Crippen LogP contribution is -2.24. The molecule has 0 aromatic carbocycles. The van der Waals surface area contributed by atoms with Crippen molar-refractivity contribution in [3.63, 3.8) is 0 Å². The summed E-state index contributed by atoms with van der Waals surface area (Å²) in [6.07, 6.45) is 1.86. The van der Waals surface area contributed by atoms with Crippen LogP contribution in [0.15, 0.2) is 18.2 Å². The third-order valence-electron chi connectivity index (χ3n) is 4.52. The van der Waals surface area contributed by atoms with Crippen molar-refractivity contribution in [1.29, 1.82) is 0 Å². The molecular weight excluding hydrogens is 291 g/mol. The second-order valence-electron chi connectivity index (χ2n) is 6.50. The van der Waals surface area contributed by atoms with Crippen LogP contribution in [0, 0.1) is 11.8 Å². The molecule has 1 fully saturated rings. The van der Waals surface area contributed by atoms with E-state index in [0.29, 0.717) is 23.3 Å². The van der Waals surface area contributed by atoms with Crippen LogP contribution in [0.5, 0.6) is 0 Å². The first-order valence-electron chi connectivity index (χ1n) is 7.70. The number of anilines is 1. The van der Waals surface area contributed by atoms with Gasteiger partial charge in [-0.15, -0.1) is 0 Å². The topological polar surface area (TPSA) is 29.0 Å². The second-order valence-corrected chi connectivity index (χ2v) is 6.50. The molecule has 0 bridgehead atoms. The van der Waals surface area contributed by atoms with Crippen molar-refractivity contribution in [2.75, 3.05) is 18.0 Å². The fourth-order valence-corrected chi connectivity index (χ4v) is 3.24. The Hall–Kier alpha value is -1.59. The molecule has 2 heterocycles. The zero-order valence-corrected chi connectivity index (χ0v) is 12.8. The Kier molecular flexibility index (Phi) is 3.87. The van der Waals surface area contributed by atoms with Crippen molar-refractivity contribution in [2.24, 2.45) is 11.8 Å². The summed E-state index contributed by atoms with van der Waals surface area (Å²) in [7, 11) is 0. The Labute approximate surface area is 128 Å². The van der Waals surface area contributed by atoms with Crippen LogP contribution in [-0.4, -0.2) is 23.1 Å². The van der Waals surface area contributed by atoms with Crippen LogP contribution in [0.3, 0.4) is 0 Å². The summed E-state index contributed by atoms with van der Waals surface area (Å²) in [5, 5.41) is 0. The van der Waals surface area contributed by atoms with Crippen LogP contribution >= 0.6 is 0 Å². The van der Waals surface area contributed by atoms with Crippen molar-refractivity contribution in [2.45, 2.75) is 38.8 Å². The summed E-state index contributed by atoms with van der Waals surface area (Å²) in [5.41, 5.74) is 0.449. The zero-order chi connectivity index (χ0) is 15.9. The fourth-order valence-electron chi connectivity index (χ4n) is 3.24. The van der Waals surface area contributed by atoms with Crippen molar-refractivity contribution >= 4 is 5.82 Å². The number of rotatable bonds is 2. The van der Waals surface area contributed by atoms with Gasteiger partial charge in [0.25, 0.3) is 0 Å². The van der Waals surface area contributed by atoms with E-state index in [9.17, 15) is 13.2 Å². The number of hydrogen-bond donors (Lipinski definition) is 0. The lowest BCUT2D eigenvalue weighted by molar-refractivity contribution is -0.145. The Morgan fingerprint density at radius 2 is 1.68 bits per heavy atom. The quantitative estimate of drug-likeness (QED) is 0.772. The summed E-state index contributed by atoms with van der Waals surface area (Å²) in [6.45, 7) is 5.25. The Morgan fingerprint density at radius 3 is 2.18 bits per heavy atom. The van der Waals surface area contributed by atoms with Crippen molar-refractivity contribution < 1.29 is 13.2 Å². The first kappa shape index (κ1) is 15.3. The number of halogens is 3. The van der Waals surface area contributed by atoms with Crippen molar-refractivity contribution in [3.8, 4) is 0 Å². The van der Waals surface area contributed by atoms with E-state index in [1.807, 2.05) is 18.7 Å². The van der Waals surface area contributed by atoms with Crippen LogP contribution in [0.25, 0.3) is 0 Å². The summed E-state index contributed by atoms with van der Waals surface area (Å²) in [5.74, 6) is 0.380. The average Bonchev–Trinajstić information content (AvgIpc) is 2.89. The van der Waals surface area contributed by atoms with Crippen LogP contribution in [-0.2, 0) is 6.18 Å². The molecule has 6 heteroatoms. The maximum absolute atomic E-state index is 13.0. The molecular formula is C16H20F3N3. The van der Waals surface area contributed by atoms with Gasteiger partial charge in [0, 0.05) is 24.8 Å². The predicted octanol–water partition coefficient (Wildman–Crippen LogP) is 4.02. The largest absolute Gasteiger partial charge is 0.451 e. The summed E-state index contributed by atoms with van der Waals surface area (Å²) in [6, 6.07) is 1.71. The molecule has 0 saturated carbocycles. The lowest BCUT2D eigenvalue weighted by atomic mass is 9.86. The van der Waals surface area contributed by atoms with Gasteiger partial charge in [-0.05, 0) is 30.6 Å². The van der Waals surface area contributed by atoms with Crippen LogP contribution in [0.1, 0.15) is 44.1 Å². The third kappa shape index (κ3) is 2.96. The van der Waals surface area contributed by atoms with E-state index in [0.717, 1.165) is 25.9 Å². The minimum Gasteiger partial charge on any atom is -0.356 e. The molecule has 22 heavy (non-hydrogen) atoms. The minimum atomic E-state index is -4.51. The first-order valence-corrected chi connectivity index (χ1v) is 7.70. The number of aromatic nitrogens is 2. The van der Waals surface area contributed by atoms with E-state index in [-0.39, 0.29) is 5.92 Å². The molecule has 2 aliphatic rings. The second kappa shape index (κ2) is 5.56. The van der Waals surface area contributed by atoms with E-state index < -0.39 is 12.0 Å². The van der Waals surface area contributed by atoms with Crippen LogP contribution in [0.4, 0.5) is 19.0 Å². The summed E-state index contributed by atoms with van der Waals surface area (Å²) >= 11 is 0. The molecule has 120 valence electrons. The van der Waals surface area contributed by atoms with Gasteiger partial charge in [0.15, 0.2) is 0 Å². The number of fused-ring (bicyclic) bond motifs is 1. The summed E-state index contributed by atoms with van der Waals surface area (Å²) < 4.78 is 39.1. The molecule has 0 spiro atoms. The molecule has 0 unspecified atom stereocenters. The molecule has 1 aliphatic carbocycles. The van der Waals surface area contributed by atoms with E-state index in [1.54, 1.807) is 6.07 Å². The molecule has 0 amide bonds. The van der Waals surface area contributed by atoms with E-state index >= 15 is 0 Å². The molecule has 3 rings (SSSR count). The van der Waals surface area contributed by atoms with E-state index in [4.69, 9.17) is 0 Å². The van der Waals surface area contributed by atoms with Gasteiger partial charge in [0.05, 0.1) is 0 Å². The van der Waals surface area contributed by atoms with Crippen molar-refractivity contribution in [1.82, 2.24) is 9.97 Å². The smallest absolute Gasteiger partial charge is 0.356 e. The van der Waals surface area contributed by atoms with Gasteiger partial charge >= 0.3 is 6.18 Å². The Bertz CT molecular complexity index is 564. The Balaban J connectivity index is 1.91. The Morgan fingerprint density at radius 1 is 1.09 bits per heavy atom. The minimum absolute atomic E-state index is 0.0607.